The standard InChI is InChI=1S/C21H30N4OS.HI/c1-16-5-4-6-18(13-16)19(25-8-10-26-11-9-25)14-23-21(22-3)24-15-20-17(2)7-12-27-20;/h4-7,12-13,19H,8-11,14-15H2,1-3H3,(H2,22,23,24);1H. The van der Waals surface area contributed by atoms with Crippen LogP contribution in [-0.4, -0.2) is 50.8 Å². The Hall–Kier alpha value is -1.16. The summed E-state index contributed by atoms with van der Waals surface area (Å²) in [4.78, 5) is 8.25. The minimum Gasteiger partial charge on any atom is -0.379 e. The molecular weight excluding hydrogens is 483 g/mol. The molecule has 0 aliphatic carbocycles. The van der Waals surface area contributed by atoms with Crippen molar-refractivity contribution < 1.29 is 4.74 Å². The van der Waals surface area contributed by atoms with E-state index in [0.29, 0.717) is 6.04 Å². The van der Waals surface area contributed by atoms with E-state index in [0.717, 1.165) is 45.4 Å². The molecule has 3 rings (SSSR count). The summed E-state index contributed by atoms with van der Waals surface area (Å²) in [6.45, 7) is 9.43. The van der Waals surface area contributed by atoms with Crippen LogP contribution in [0.25, 0.3) is 0 Å². The second-order valence-corrected chi connectivity index (χ2v) is 7.91. The Morgan fingerprint density at radius 1 is 1.21 bits per heavy atom. The van der Waals surface area contributed by atoms with Crippen molar-refractivity contribution in [1.29, 1.82) is 0 Å². The van der Waals surface area contributed by atoms with Crippen molar-refractivity contribution in [3.63, 3.8) is 0 Å². The van der Waals surface area contributed by atoms with Crippen molar-refractivity contribution in [3.05, 3.63) is 57.3 Å². The molecule has 0 saturated carbocycles. The first kappa shape index (κ1) is 23.1. The summed E-state index contributed by atoms with van der Waals surface area (Å²) in [5.74, 6) is 0.841. The van der Waals surface area contributed by atoms with Crippen LogP contribution in [-0.2, 0) is 11.3 Å². The summed E-state index contributed by atoms with van der Waals surface area (Å²) in [7, 11) is 1.83. The Balaban J connectivity index is 0.00000280. The summed E-state index contributed by atoms with van der Waals surface area (Å²) in [6.07, 6.45) is 0. The molecule has 28 heavy (non-hydrogen) atoms. The van der Waals surface area contributed by atoms with Crippen molar-refractivity contribution in [3.8, 4) is 0 Å². The molecular formula is C21H31IN4OS. The largest absolute Gasteiger partial charge is 0.379 e. The lowest BCUT2D eigenvalue weighted by molar-refractivity contribution is 0.0170. The number of rotatable bonds is 6. The number of nitrogens with one attached hydrogen (secondary N) is 2. The third-order valence-electron chi connectivity index (χ3n) is 4.98. The molecule has 1 fully saturated rings. The van der Waals surface area contributed by atoms with Crippen LogP contribution in [0.2, 0.25) is 0 Å². The van der Waals surface area contributed by atoms with Gasteiger partial charge in [0.2, 0.25) is 0 Å². The highest BCUT2D eigenvalue weighted by atomic mass is 127. The first-order valence-corrected chi connectivity index (χ1v) is 10.4. The Morgan fingerprint density at radius 3 is 2.64 bits per heavy atom. The van der Waals surface area contributed by atoms with E-state index in [9.17, 15) is 0 Å². The highest BCUT2D eigenvalue weighted by molar-refractivity contribution is 14.0. The molecule has 0 radical (unpaired) electrons. The number of aliphatic imine (C=N–C) groups is 1. The van der Waals surface area contributed by atoms with Crippen LogP contribution in [0.3, 0.4) is 0 Å². The van der Waals surface area contributed by atoms with E-state index in [-0.39, 0.29) is 24.0 Å². The average Bonchev–Trinajstić information content (AvgIpc) is 3.10. The highest BCUT2D eigenvalue weighted by Crippen LogP contribution is 2.22. The first-order chi connectivity index (χ1) is 13.2. The Bertz CT molecular complexity index is 758. The zero-order valence-corrected chi connectivity index (χ0v) is 20.1. The number of benzene rings is 1. The molecule has 154 valence electrons. The Morgan fingerprint density at radius 2 is 2.00 bits per heavy atom. The van der Waals surface area contributed by atoms with Crippen LogP contribution in [0.15, 0.2) is 40.7 Å². The van der Waals surface area contributed by atoms with Gasteiger partial charge in [0.05, 0.1) is 25.8 Å². The monoisotopic (exact) mass is 514 g/mol. The smallest absolute Gasteiger partial charge is 0.191 e. The number of morpholine rings is 1. The summed E-state index contributed by atoms with van der Waals surface area (Å²) in [6, 6.07) is 11.3. The van der Waals surface area contributed by atoms with Gasteiger partial charge in [0.15, 0.2) is 5.96 Å². The molecule has 2 heterocycles. The van der Waals surface area contributed by atoms with Crippen LogP contribution in [0, 0.1) is 13.8 Å². The molecule has 1 aromatic heterocycles. The van der Waals surface area contributed by atoms with Gasteiger partial charge in [0.1, 0.15) is 0 Å². The molecule has 1 atom stereocenters. The van der Waals surface area contributed by atoms with Gasteiger partial charge in [-0.2, -0.15) is 0 Å². The molecule has 1 saturated heterocycles. The quantitative estimate of drug-likeness (QED) is 0.351. The fraction of sp³-hybridized carbons (Fsp3) is 0.476. The molecule has 1 unspecified atom stereocenters. The van der Waals surface area contributed by atoms with Gasteiger partial charge in [-0.3, -0.25) is 9.89 Å². The number of halogens is 1. The third kappa shape index (κ3) is 6.43. The minimum absolute atomic E-state index is 0. The third-order valence-corrected chi connectivity index (χ3v) is 6.01. The summed E-state index contributed by atoms with van der Waals surface area (Å²) in [5, 5.41) is 9.10. The van der Waals surface area contributed by atoms with Crippen LogP contribution in [0.4, 0.5) is 0 Å². The van der Waals surface area contributed by atoms with Crippen molar-refractivity contribution in [2.45, 2.75) is 26.4 Å². The van der Waals surface area contributed by atoms with E-state index in [2.05, 4.69) is 70.1 Å². The molecule has 1 aromatic carbocycles. The summed E-state index contributed by atoms with van der Waals surface area (Å²) >= 11 is 1.78. The lowest BCUT2D eigenvalue weighted by Gasteiger charge is -2.35. The fourth-order valence-corrected chi connectivity index (χ4v) is 4.23. The number of nitrogens with zero attached hydrogens (tertiary/aromatic N) is 2. The highest BCUT2D eigenvalue weighted by Gasteiger charge is 2.23. The van der Waals surface area contributed by atoms with E-state index in [4.69, 9.17) is 4.74 Å². The lowest BCUT2D eigenvalue weighted by atomic mass is 10.0. The van der Waals surface area contributed by atoms with E-state index < -0.39 is 0 Å². The lowest BCUT2D eigenvalue weighted by Crippen LogP contribution is -2.46. The number of aryl methyl sites for hydroxylation is 2. The maximum atomic E-state index is 5.55. The van der Waals surface area contributed by atoms with Crippen LogP contribution >= 0.6 is 35.3 Å². The van der Waals surface area contributed by atoms with Crippen molar-refractivity contribution in [1.82, 2.24) is 15.5 Å². The molecule has 7 heteroatoms. The van der Waals surface area contributed by atoms with Gasteiger partial charge in [0, 0.05) is 31.6 Å². The van der Waals surface area contributed by atoms with Gasteiger partial charge in [-0.25, -0.2) is 0 Å². The molecule has 0 spiro atoms. The topological polar surface area (TPSA) is 48.9 Å². The van der Waals surface area contributed by atoms with Crippen molar-refractivity contribution in [2.24, 2.45) is 4.99 Å². The van der Waals surface area contributed by atoms with Gasteiger partial charge in [-0.1, -0.05) is 29.8 Å². The normalized spacial score (nSPS) is 16.3. The molecule has 0 bridgehead atoms. The Kier molecular flexibility index (Phi) is 9.70. The molecule has 2 N–H and O–H groups in total. The summed E-state index contributed by atoms with van der Waals surface area (Å²) < 4.78 is 5.55. The Labute approximate surface area is 189 Å². The minimum atomic E-state index is 0. The number of ether oxygens (including phenoxy) is 1. The number of guanidine groups is 1. The van der Waals surface area contributed by atoms with Gasteiger partial charge in [-0.05, 0) is 36.4 Å². The fourth-order valence-electron chi connectivity index (χ4n) is 3.39. The van der Waals surface area contributed by atoms with Crippen LogP contribution in [0.5, 0.6) is 0 Å². The predicted molar refractivity (Wildman–Crippen MR) is 129 cm³/mol. The zero-order chi connectivity index (χ0) is 19.1. The van der Waals surface area contributed by atoms with Gasteiger partial charge >= 0.3 is 0 Å². The SMILES string of the molecule is CN=C(NCc1sccc1C)NCC(c1cccc(C)c1)N1CCOCC1.I. The van der Waals surface area contributed by atoms with E-state index in [1.165, 1.54) is 21.6 Å². The predicted octanol–water partition coefficient (Wildman–Crippen LogP) is 3.72. The zero-order valence-electron chi connectivity index (χ0n) is 16.9. The van der Waals surface area contributed by atoms with Gasteiger partial charge in [-0.15, -0.1) is 35.3 Å². The maximum absolute atomic E-state index is 5.55. The summed E-state index contributed by atoms with van der Waals surface area (Å²) in [5.41, 5.74) is 3.96. The first-order valence-electron chi connectivity index (χ1n) is 9.53. The van der Waals surface area contributed by atoms with Crippen LogP contribution < -0.4 is 10.6 Å². The van der Waals surface area contributed by atoms with E-state index >= 15 is 0 Å². The second-order valence-electron chi connectivity index (χ2n) is 6.91. The van der Waals surface area contributed by atoms with E-state index in [1.807, 2.05) is 7.05 Å². The average molecular weight is 514 g/mol. The number of hydrogen-bond donors (Lipinski definition) is 2. The maximum Gasteiger partial charge on any atom is 0.191 e. The molecule has 1 aliphatic heterocycles. The second kappa shape index (κ2) is 11.7. The van der Waals surface area contributed by atoms with Gasteiger partial charge < -0.3 is 15.4 Å². The van der Waals surface area contributed by atoms with Crippen molar-refractivity contribution >= 4 is 41.3 Å². The molecule has 0 amide bonds. The van der Waals surface area contributed by atoms with E-state index in [1.54, 1.807) is 11.3 Å². The van der Waals surface area contributed by atoms with Gasteiger partial charge in [0.25, 0.3) is 0 Å². The van der Waals surface area contributed by atoms with Crippen LogP contribution in [0.1, 0.15) is 27.6 Å². The number of hydrogen-bond acceptors (Lipinski definition) is 4. The molecule has 1 aliphatic rings. The molecule has 5 nitrogen and oxygen atoms in total. The van der Waals surface area contributed by atoms with Crippen molar-refractivity contribution in [2.75, 3.05) is 39.9 Å². The molecule has 2 aromatic rings. The number of thiophene rings is 1.